The van der Waals surface area contributed by atoms with Gasteiger partial charge in [-0.2, -0.15) is 0 Å². The highest BCUT2D eigenvalue weighted by molar-refractivity contribution is 5.80. The number of hydrogen-bond acceptors (Lipinski definition) is 3. The molecule has 0 spiro atoms. The van der Waals surface area contributed by atoms with Gasteiger partial charge in [-0.05, 0) is 25.0 Å². The van der Waals surface area contributed by atoms with Crippen molar-refractivity contribution >= 4 is 5.96 Å². The maximum atomic E-state index is 5.31. The lowest BCUT2D eigenvalue weighted by atomic mass is 10.2. The van der Waals surface area contributed by atoms with Crippen molar-refractivity contribution in [2.75, 3.05) is 26.8 Å². The van der Waals surface area contributed by atoms with Crippen molar-refractivity contribution < 1.29 is 9.15 Å². The summed E-state index contributed by atoms with van der Waals surface area (Å²) < 4.78 is 10.4. The highest BCUT2D eigenvalue weighted by Crippen LogP contribution is 1.99. The number of furan rings is 1. The van der Waals surface area contributed by atoms with Crippen LogP contribution in [0.3, 0.4) is 0 Å². The van der Waals surface area contributed by atoms with E-state index in [2.05, 4.69) is 36.4 Å². The minimum Gasteiger partial charge on any atom is -0.469 e. The molecule has 0 fully saturated rings. The fraction of sp³-hybridized carbons (Fsp3) is 0.667. The van der Waals surface area contributed by atoms with Crippen LogP contribution in [0.25, 0.3) is 0 Å². The molecular formula is C15H27N3O2. The van der Waals surface area contributed by atoms with Crippen LogP contribution < -0.4 is 10.6 Å². The molecule has 1 aromatic heterocycles. The van der Waals surface area contributed by atoms with Gasteiger partial charge in [0.05, 0.1) is 12.9 Å². The molecule has 0 aliphatic carbocycles. The van der Waals surface area contributed by atoms with Crippen LogP contribution in [0, 0.1) is 5.92 Å². The molecule has 1 heterocycles. The first kappa shape index (κ1) is 16.6. The van der Waals surface area contributed by atoms with E-state index >= 15 is 0 Å². The van der Waals surface area contributed by atoms with E-state index in [0.717, 1.165) is 31.2 Å². The van der Waals surface area contributed by atoms with Crippen molar-refractivity contribution in [2.45, 2.75) is 33.2 Å². The average molecular weight is 281 g/mol. The molecule has 0 aliphatic heterocycles. The second kappa shape index (κ2) is 9.42. The van der Waals surface area contributed by atoms with E-state index < -0.39 is 0 Å². The Labute approximate surface area is 121 Å². The van der Waals surface area contributed by atoms with Crippen LogP contribution in [-0.2, 0) is 11.2 Å². The highest BCUT2D eigenvalue weighted by atomic mass is 16.5. The lowest BCUT2D eigenvalue weighted by molar-refractivity contribution is 0.179. The summed E-state index contributed by atoms with van der Waals surface area (Å²) in [5.74, 6) is 2.34. The van der Waals surface area contributed by atoms with Gasteiger partial charge in [-0.1, -0.05) is 13.8 Å². The standard InChI is InChI=1S/C15H27N3O2/c1-12(2)10-17-15(18-13(3)11-19-4)16-8-7-14-6-5-9-20-14/h5-6,9,12-13H,7-8,10-11H2,1-4H3,(H2,16,17,18). The van der Waals surface area contributed by atoms with Crippen LogP contribution in [0.15, 0.2) is 27.8 Å². The smallest absolute Gasteiger partial charge is 0.191 e. The monoisotopic (exact) mass is 281 g/mol. The van der Waals surface area contributed by atoms with Crippen molar-refractivity contribution in [3.63, 3.8) is 0 Å². The Kier molecular flexibility index (Phi) is 7.80. The van der Waals surface area contributed by atoms with Gasteiger partial charge in [-0.3, -0.25) is 4.99 Å². The third-order valence-electron chi connectivity index (χ3n) is 2.66. The van der Waals surface area contributed by atoms with E-state index in [0.29, 0.717) is 12.5 Å². The molecule has 1 unspecified atom stereocenters. The SMILES string of the molecule is COCC(C)NC(=NCC(C)C)NCCc1ccco1. The van der Waals surface area contributed by atoms with Crippen LogP contribution >= 0.6 is 0 Å². The maximum absolute atomic E-state index is 5.31. The molecule has 0 aliphatic rings. The Morgan fingerprint density at radius 2 is 2.20 bits per heavy atom. The number of guanidine groups is 1. The quantitative estimate of drug-likeness (QED) is 0.565. The summed E-state index contributed by atoms with van der Waals surface area (Å²) in [6.45, 7) is 8.63. The fourth-order valence-electron chi connectivity index (χ4n) is 1.71. The molecule has 114 valence electrons. The summed E-state index contributed by atoms with van der Waals surface area (Å²) in [7, 11) is 1.70. The van der Waals surface area contributed by atoms with Crippen LogP contribution in [-0.4, -0.2) is 38.8 Å². The summed E-state index contributed by atoms with van der Waals surface area (Å²) in [5.41, 5.74) is 0. The van der Waals surface area contributed by atoms with Gasteiger partial charge in [0.2, 0.25) is 0 Å². The molecule has 1 rings (SSSR count). The van der Waals surface area contributed by atoms with Gasteiger partial charge in [-0.25, -0.2) is 0 Å². The van der Waals surface area contributed by atoms with Crippen molar-refractivity contribution in [2.24, 2.45) is 10.9 Å². The number of nitrogens with one attached hydrogen (secondary N) is 2. The normalized spacial score (nSPS) is 13.6. The summed E-state index contributed by atoms with van der Waals surface area (Å²) in [4.78, 5) is 4.57. The van der Waals surface area contributed by atoms with Crippen molar-refractivity contribution in [1.82, 2.24) is 10.6 Å². The van der Waals surface area contributed by atoms with Crippen LogP contribution in [0.1, 0.15) is 26.5 Å². The number of nitrogens with zero attached hydrogens (tertiary/aromatic N) is 1. The maximum Gasteiger partial charge on any atom is 0.191 e. The molecule has 0 amide bonds. The minimum atomic E-state index is 0.224. The number of aliphatic imine (C=N–C) groups is 1. The number of rotatable bonds is 8. The zero-order valence-electron chi connectivity index (χ0n) is 13.0. The molecule has 2 N–H and O–H groups in total. The van der Waals surface area contributed by atoms with Gasteiger partial charge >= 0.3 is 0 Å². The summed E-state index contributed by atoms with van der Waals surface area (Å²) in [6, 6.07) is 4.11. The predicted octanol–water partition coefficient (Wildman–Crippen LogP) is 2.05. The first-order chi connectivity index (χ1) is 9.61. The molecule has 5 nitrogen and oxygen atoms in total. The summed E-state index contributed by atoms with van der Waals surface area (Å²) in [5, 5.41) is 6.66. The zero-order chi connectivity index (χ0) is 14.8. The van der Waals surface area contributed by atoms with Gasteiger partial charge in [-0.15, -0.1) is 0 Å². The van der Waals surface area contributed by atoms with Gasteiger partial charge in [0.25, 0.3) is 0 Å². The largest absolute Gasteiger partial charge is 0.469 e. The van der Waals surface area contributed by atoms with Gasteiger partial charge in [0.15, 0.2) is 5.96 Å². The third-order valence-corrected chi connectivity index (χ3v) is 2.66. The van der Waals surface area contributed by atoms with E-state index in [1.54, 1.807) is 13.4 Å². The second-order valence-electron chi connectivity index (χ2n) is 5.34. The number of methoxy groups -OCH3 is 1. The predicted molar refractivity (Wildman–Crippen MR) is 82.0 cm³/mol. The molecule has 0 radical (unpaired) electrons. The van der Waals surface area contributed by atoms with Gasteiger partial charge < -0.3 is 19.8 Å². The van der Waals surface area contributed by atoms with Gasteiger partial charge in [0.1, 0.15) is 5.76 Å². The summed E-state index contributed by atoms with van der Waals surface area (Å²) in [6.07, 6.45) is 2.54. The second-order valence-corrected chi connectivity index (χ2v) is 5.34. The molecule has 0 aromatic carbocycles. The van der Waals surface area contributed by atoms with E-state index in [1.807, 2.05) is 12.1 Å². The lowest BCUT2D eigenvalue weighted by Crippen LogP contribution is -2.44. The van der Waals surface area contributed by atoms with Crippen LogP contribution in [0.4, 0.5) is 0 Å². The Balaban J connectivity index is 2.42. The molecule has 0 saturated carbocycles. The Hall–Kier alpha value is -1.49. The Morgan fingerprint density at radius 1 is 1.40 bits per heavy atom. The third kappa shape index (κ3) is 7.19. The first-order valence-electron chi connectivity index (χ1n) is 7.18. The van der Waals surface area contributed by atoms with E-state index in [9.17, 15) is 0 Å². The number of hydrogen-bond donors (Lipinski definition) is 2. The molecule has 1 atom stereocenters. The van der Waals surface area contributed by atoms with Crippen LogP contribution in [0.2, 0.25) is 0 Å². The molecule has 0 saturated heterocycles. The van der Waals surface area contributed by atoms with E-state index in [4.69, 9.17) is 9.15 Å². The molecule has 0 bridgehead atoms. The van der Waals surface area contributed by atoms with Crippen molar-refractivity contribution in [3.8, 4) is 0 Å². The first-order valence-corrected chi connectivity index (χ1v) is 7.18. The molecule has 1 aromatic rings. The minimum absolute atomic E-state index is 0.224. The average Bonchev–Trinajstić information content (AvgIpc) is 2.89. The lowest BCUT2D eigenvalue weighted by Gasteiger charge is -2.18. The Bertz CT molecular complexity index is 374. The zero-order valence-corrected chi connectivity index (χ0v) is 13.0. The van der Waals surface area contributed by atoms with Crippen molar-refractivity contribution in [3.05, 3.63) is 24.2 Å². The van der Waals surface area contributed by atoms with E-state index in [-0.39, 0.29) is 6.04 Å². The van der Waals surface area contributed by atoms with Crippen LogP contribution in [0.5, 0.6) is 0 Å². The highest BCUT2D eigenvalue weighted by Gasteiger charge is 2.06. The molecule has 20 heavy (non-hydrogen) atoms. The van der Waals surface area contributed by atoms with Gasteiger partial charge in [0, 0.05) is 32.7 Å². The van der Waals surface area contributed by atoms with Crippen molar-refractivity contribution in [1.29, 1.82) is 0 Å². The number of ether oxygens (including phenoxy) is 1. The fourth-order valence-corrected chi connectivity index (χ4v) is 1.71. The molecule has 5 heteroatoms. The molecular weight excluding hydrogens is 254 g/mol. The topological polar surface area (TPSA) is 58.8 Å². The Morgan fingerprint density at radius 3 is 2.80 bits per heavy atom. The summed E-state index contributed by atoms with van der Waals surface area (Å²) >= 11 is 0. The van der Waals surface area contributed by atoms with E-state index in [1.165, 1.54) is 0 Å².